The molecule has 5 rings (SSSR count). The van der Waals surface area contributed by atoms with Gasteiger partial charge in [-0.05, 0) is 53.1 Å². The topological polar surface area (TPSA) is 114 Å². The first kappa shape index (κ1) is 34.4. The number of ether oxygens (including phenoxy) is 1. The van der Waals surface area contributed by atoms with Gasteiger partial charge in [0.05, 0.1) is 0 Å². The Bertz CT molecular complexity index is 1670. The summed E-state index contributed by atoms with van der Waals surface area (Å²) in [6.45, 7) is 2.05. The highest BCUT2D eigenvalue weighted by molar-refractivity contribution is 5.93. The van der Waals surface area contributed by atoms with Crippen LogP contribution in [0.1, 0.15) is 62.1 Å². The molecule has 0 aromatic heterocycles. The standard InChI is InChI=1S/C40H45N3O5/c1-2-33(25-32-19-10-12-23-37(32)44)41-38(45)35(24-28-14-5-3-6-15-28)42-39(46)36(43-40(47)48-27-29-16-7-4-8-17-29)26-31-21-13-20-30-18-9-11-22-34(30)31/h3-9,11,13-18,20-22,32-33,35-36H,2,10,12,19,23-27H2,1H3,(H,41,45)(H,42,46)(H,43,47)/t32-,33+,35-,36-/m0/s1. The van der Waals surface area contributed by atoms with Gasteiger partial charge in [-0.1, -0.05) is 116 Å². The van der Waals surface area contributed by atoms with Gasteiger partial charge in [0.1, 0.15) is 24.5 Å². The molecule has 3 N–H and O–H groups in total. The van der Waals surface area contributed by atoms with E-state index in [4.69, 9.17) is 4.74 Å². The smallest absolute Gasteiger partial charge is 0.408 e. The van der Waals surface area contributed by atoms with Crippen molar-refractivity contribution >= 4 is 34.5 Å². The molecular formula is C40H45N3O5. The van der Waals surface area contributed by atoms with Crippen LogP contribution in [0.15, 0.2) is 103 Å². The van der Waals surface area contributed by atoms with E-state index in [-0.39, 0.29) is 43.1 Å². The highest BCUT2D eigenvalue weighted by Gasteiger charge is 2.31. The quantitative estimate of drug-likeness (QED) is 0.146. The van der Waals surface area contributed by atoms with Gasteiger partial charge >= 0.3 is 6.09 Å². The fourth-order valence-corrected chi connectivity index (χ4v) is 6.42. The van der Waals surface area contributed by atoms with Gasteiger partial charge in [0.2, 0.25) is 11.8 Å². The lowest BCUT2D eigenvalue weighted by Crippen LogP contribution is -2.56. The molecule has 1 fully saturated rings. The number of nitrogens with one attached hydrogen (secondary N) is 3. The van der Waals surface area contributed by atoms with Crippen LogP contribution < -0.4 is 16.0 Å². The van der Waals surface area contributed by atoms with Crippen LogP contribution in [0.25, 0.3) is 10.8 Å². The van der Waals surface area contributed by atoms with E-state index in [0.29, 0.717) is 19.3 Å². The number of hydrogen-bond acceptors (Lipinski definition) is 5. The zero-order chi connectivity index (χ0) is 33.7. The summed E-state index contributed by atoms with van der Waals surface area (Å²) in [6.07, 6.45) is 4.37. The maximum Gasteiger partial charge on any atom is 0.408 e. The highest BCUT2D eigenvalue weighted by Crippen LogP contribution is 2.25. The summed E-state index contributed by atoms with van der Waals surface area (Å²) in [5.41, 5.74) is 2.58. The molecular weight excluding hydrogens is 602 g/mol. The van der Waals surface area contributed by atoms with E-state index in [9.17, 15) is 19.2 Å². The zero-order valence-electron chi connectivity index (χ0n) is 27.5. The third-order valence-electron chi connectivity index (χ3n) is 9.13. The molecule has 8 heteroatoms. The summed E-state index contributed by atoms with van der Waals surface area (Å²) in [4.78, 5) is 53.6. The first-order chi connectivity index (χ1) is 23.4. The van der Waals surface area contributed by atoms with Gasteiger partial charge < -0.3 is 20.7 Å². The Kier molecular flexibility index (Phi) is 12.3. The Morgan fingerprint density at radius 1 is 0.729 bits per heavy atom. The first-order valence-electron chi connectivity index (χ1n) is 17.0. The van der Waals surface area contributed by atoms with Gasteiger partial charge in [-0.25, -0.2) is 4.79 Å². The van der Waals surface area contributed by atoms with Gasteiger partial charge in [-0.2, -0.15) is 0 Å². The molecule has 4 atom stereocenters. The minimum atomic E-state index is -1.02. The molecule has 4 aromatic carbocycles. The minimum Gasteiger partial charge on any atom is -0.445 e. The van der Waals surface area contributed by atoms with Crippen LogP contribution in [0, 0.1) is 5.92 Å². The molecule has 0 aliphatic heterocycles. The number of alkyl carbamates (subject to hydrolysis) is 1. The number of ketones is 1. The van der Waals surface area contributed by atoms with E-state index in [1.807, 2.05) is 110 Å². The molecule has 1 saturated carbocycles. The van der Waals surface area contributed by atoms with Crippen molar-refractivity contribution in [3.63, 3.8) is 0 Å². The maximum absolute atomic E-state index is 14.1. The van der Waals surface area contributed by atoms with Crippen molar-refractivity contribution in [1.29, 1.82) is 0 Å². The van der Waals surface area contributed by atoms with E-state index in [1.165, 1.54) is 0 Å². The van der Waals surface area contributed by atoms with Crippen LogP contribution in [0.4, 0.5) is 4.79 Å². The Labute approximate surface area is 282 Å². The van der Waals surface area contributed by atoms with Crippen molar-refractivity contribution in [2.75, 3.05) is 0 Å². The number of carbonyl (C=O) groups is 4. The molecule has 3 amide bonds. The second-order valence-corrected chi connectivity index (χ2v) is 12.6. The van der Waals surface area contributed by atoms with Gasteiger partial charge in [-0.15, -0.1) is 0 Å². The fourth-order valence-electron chi connectivity index (χ4n) is 6.42. The number of rotatable bonds is 14. The monoisotopic (exact) mass is 647 g/mol. The molecule has 0 heterocycles. The number of fused-ring (bicyclic) bond motifs is 1. The van der Waals surface area contributed by atoms with Crippen molar-refractivity contribution in [3.05, 3.63) is 120 Å². The fraction of sp³-hybridized carbons (Fsp3) is 0.350. The molecule has 0 saturated heterocycles. The zero-order valence-corrected chi connectivity index (χ0v) is 27.5. The second-order valence-electron chi connectivity index (χ2n) is 12.6. The van der Waals surface area contributed by atoms with Crippen LogP contribution in [0.3, 0.4) is 0 Å². The Hall–Kier alpha value is -4.98. The van der Waals surface area contributed by atoms with E-state index in [1.54, 1.807) is 0 Å². The number of benzene rings is 4. The van der Waals surface area contributed by atoms with Crippen LogP contribution in [0.2, 0.25) is 0 Å². The Balaban J connectivity index is 1.35. The number of carbonyl (C=O) groups excluding carboxylic acids is 4. The first-order valence-corrected chi connectivity index (χ1v) is 17.0. The third-order valence-corrected chi connectivity index (χ3v) is 9.13. The van der Waals surface area contributed by atoms with Crippen LogP contribution in [0.5, 0.6) is 0 Å². The molecule has 8 nitrogen and oxygen atoms in total. The van der Waals surface area contributed by atoms with Crippen molar-refractivity contribution < 1.29 is 23.9 Å². The van der Waals surface area contributed by atoms with Crippen molar-refractivity contribution in [3.8, 4) is 0 Å². The third kappa shape index (κ3) is 9.77. The average Bonchev–Trinajstić information content (AvgIpc) is 3.11. The van der Waals surface area contributed by atoms with Gasteiger partial charge in [0.15, 0.2) is 0 Å². The van der Waals surface area contributed by atoms with Crippen LogP contribution in [-0.4, -0.2) is 41.8 Å². The van der Waals surface area contributed by atoms with Gasteiger partial charge in [0, 0.05) is 31.2 Å². The summed E-state index contributed by atoms with van der Waals surface area (Å²) in [5, 5.41) is 10.9. The second kappa shape index (κ2) is 17.3. The summed E-state index contributed by atoms with van der Waals surface area (Å²) in [7, 11) is 0. The summed E-state index contributed by atoms with van der Waals surface area (Å²) in [6, 6.07) is 30.4. The predicted octanol–water partition coefficient (Wildman–Crippen LogP) is 6.45. The van der Waals surface area contributed by atoms with E-state index in [0.717, 1.165) is 46.7 Å². The van der Waals surface area contributed by atoms with E-state index in [2.05, 4.69) is 16.0 Å². The van der Waals surface area contributed by atoms with Gasteiger partial charge in [0.25, 0.3) is 0 Å². The summed E-state index contributed by atoms with van der Waals surface area (Å²) >= 11 is 0. The van der Waals surface area contributed by atoms with Crippen LogP contribution in [-0.2, 0) is 38.6 Å². The molecule has 0 radical (unpaired) electrons. The molecule has 1 aliphatic carbocycles. The van der Waals surface area contributed by atoms with Crippen LogP contribution >= 0.6 is 0 Å². The highest BCUT2D eigenvalue weighted by atomic mass is 16.5. The number of amides is 3. The number of hydrogen-bond donors (Lipinski definition) is 3. The Morgan fingerprint density at radius 3 is 2.10 bits per heavy atom. The minimum absolute atomic E-state index is 0.0518. The molecule has 4 aromatic rings. The molecule has 0 bridgehead atoms. The largest absolute Gasteiger partial charge is 0.445 e. The van der Waals surface area contributed by atoms with Crippen molar-refractivity contribution in [1.82, 2.24) is 16.0 Å². The molecule has 0 unspecified atom stereocenters. The van der Waals surface area contributed by atoms with E-state index < -0.39 is 24.1 Å². The summed E-state index contributed by atoms with van der Waals surface area (Å²) in [5.74, 6) is -0.601. The lowest BCUT2D eigenvalue weighted by Gasteiger charge is -2.28. The number of Topliss-reactive ketones (excluding diaryl/α,β-unsaturated/α-hetero) is 1. The molecule has 1 aliphatic rings. The lowest BCUT2D eigenvalue weighted by atomic mass is 9.83. The van der Waals surface area contributed by atoms with Crippen molar-refractivity contribution in [2.45, 2.75) is 83.0 Å². The van der Waals surface area contributed by atoms with Crippen molar-refractivity contribution in [2.24, 2.45) is 5.92 Å². The maximum atomic E-state index is 14.1. The average molecular weight is 648 g/mol. The van der Waals surface area contributed by atoms with Gasteiger partial charge in [-0.3, -0.25) is 14.4 Å². The van der Waals surface area contributed by atoms with E-state index >= 15 is 0 Å². The SMILES string of the molecule is CC[C@H](C[C@@H]1CCCCC1=O)NC(=O)[C@H](Cc1ccccc1)NC(=O)[C@H](Cc1cccc2ccccc12)NC(=O)OCc1ccccc1. The molecule has 48 heavy (non-hydrogen) atoms. The summed E-state index contributed by atoms with van der Waals surface area (Å²) < 4.78 is 5.49. The lowest BCUT2D eigenvalue weighted by molar-refractivity contribution is -0.130. The Morgan fingerprint density at radius 2 is 1.38 bits per heavy atom. The normalized spacial score (nSPS) is 16.4. The molecule has 0 spiro atoms. The molecule has 250 valence electrons. The predicted molar refractivity (Wildman–Crippen MR) is 187 cm³/mol.